The van der Waals surface area contributed by atoms with Gasteiger partial charge in [0.1, 0.15) is 11.9 Å². The molecule has 0 aliphatic heterocycles. The smallest absolute Gasteiger partial charge is 0.242 e. The minimum Gasteiger partial charge on any atom is -0.352 e. The fourth-order valence-electron chi connectivity index (χ4n) is 3.77. The van der Waals surface area contributed by atoms with E-state index in [1.165, 1.54) is 6.07 Å². The number of nitrogens with zero attached hydrogens (tertiary/aromatic N) is 1. The second-order valence-electron chi connectivity index (χ2n) is 7.94. The number of benzene rings is 2. The lowest BCUT2D eigenvalue weighted by Gasteiger charge is -2.30. The SMILES string of the molecule is Cc1ccc(CN(C(=O)Cc2ccccc2F)[C@@H](C)C(=O)NC2CCCC2)cc1. The summed E-state index contributed by atoms with van der Waals surface area (Å²) in [7, 11) is 0. The normalized spacial score (nSPS) is 15.1. The summed E-state index contributed by atoms with van der Waals surface area (Å²) in [6.07, 6.45) is 4.15. The zero-order valence-corrected chi connectivity index (χ0v) is 17.2. The Morgan fingerprint density at radius 2 is 1.76 bits per heavy atom. The van der Waals surface area contributed by atoms with Gasteiger partial charge in [0.15, 0.2) is 0 Å². The van der Waals surface area contributed by atoms with Crippen molar-refractivity contribution in [2.75, 3.05) is 0 Å². The maximum atomic E-state index is 14.1. The van der Waals surface area contributed by atoms with Crippen LogP contribution in [0.4, 0.5) is 4.39 Å². The molecule has 2 aromatic carbocycles. The Hall–Kier alpha value is -2.69. The molecule has 0 saturated heterocycles. The van der Waals surface area contributed by atoms with Crippen molar-refractivity contribution < 1.29 is 14.0 Å². The Labute approximate surface area is 172 Å². The molecule has 4 nitrogen and oxygen atoms in total. The number of nitrogens with one attached hydrogen (secondary N) is 1. The second-order valence-corrected chi connectivity index (χ2v) is 7.94. The van der Waals surface area contributed by atoms with Crippen LogP contribution in [0, 0.1) is 12.7 Å². The number of aryl methyl sites for hydroxylation is 1. The highest BCUT2D eigenvalue weighted by atomic mass is 19.1. The van der Waals surface area contributed by atoms with Crippen molar-refractivity contribution in [3.63, 3.8) is 0 Å². The monoisotopic (exact) mass is 396 g/mol. The number of hydrogen-bond donors (Lipinski definition) is 1. The van der Waals surface area contributed by atoms with Crippen LogP contribution in [-0.4, -0.2) is 28.8 Å². The van der Waals surface area contributed by atoms with Crippen molar-refractivity contribution in [2.24, 2.45) is 0 Å². The third-order valence-corrected chi connectivity index (χ3v) is 5.64. The number of carbonyl (C=O) groups is 2. The fourth-order valence-corrected chi connectivity index (χ4v) is 3.77. The summed E-state index contributed by atoms with van der Waals surface area (Å²) >= 11 is 0. The summed E-state index contributed by atoms with van der Waals surface area (Å²) < 4.78 is 14.1. The highest BCUT2D eigenvalue weighted by molar-refractivity contribution is 5.88. The van der Waals surface area contributed by atoms with Crippen molar-refractivity contribution >= 4 is 11.8 Å². The molecule has 0 aromatic heterocycles. The van der Waals surface area contributed by atoms with E-state index in [9.17, 15) is 14.0 Å². The van der Waals surface area contributed by atoms with E-state index in [2.05, 4.69) is 5.32 Å². The van der Waals surface area contributed by atoms with E-state index in [1.807, 2.05) is 31.2 Å². The molecule has 1 saturated carbocycles. The molecule has 1 N–H and O–H groups in total. The molecule has 1 aliphatic carbocycles. The third-order valence-electron chi connectivity index (χ3n) is 5.64. The number of halogens is 1. The van der Waals surface area contributed by atoms with Gasteiger partial charge >= 0.3 is 0 Å². The van der Waals surface area contributed by atoms with Crippen LogP contribution in [0.1, 0.15) is 49.3 Å². The van der Waals surface area contributed by atoms with E-state index in [1.54, 1.807) is 30.0 Å². The fraction of sp³-hybridized carbons (Fsp3) is 0.417. The Bertz CT molecular complexity index is 844. The number of rotatable bonds is 7. The molecule has 0 unspecified atom stereocenters. The first kappa shape index (κ1) is 21.0. The Kier molecular flexibility index (Phi) is 7.02. The first-order chi connectivity index (χ1) is 13.9. The molecule has 0 bridgehead atoms. The highest BCUT2D eigenvalue weighted by Crippen LogP contribution is 2.19. The minimum absolute atomic E-state index is 0.0699. The number of carbonyl (C=O) groups excluding carboxylic acids is 2. The van der Waals surface area contributed by atoms with Crippen molar-refractivity contribution in [3.05, 3.63) is 71.0 Å². The Balaban J connectivity index is 1.77. The lowest BCUT2D eigenvalue weighted by atomic mass is 10.1. The summed E-state index contributed by atoms with van der Waals surface area (Å²) in [6, 6.07) is 13.7. The van der Waals surface area contributed by atoms with Gasteiger partial charge in [0.05, 0.1) is 6.42 Å². The minimum atomic E-state index is -0.629. The van der Waals surface area contributed by atoms with Gasteiger partial charge in [0, 0.05) is 12.6 Å². The van der Waals surface area contributed by atoms with Gasteiger partial charge < -0.3 is 10.2 Å². The van der Waals surface area contributed by atoms with Crippen LogP contribution in [0.2, 0.25) is 0 Å². The second kappa shape index (κ2) is 9.68. The summed E-state index contributed by atoms with van der Waals surface area (Å²) in [5, 5.41) is 3.08. The molecule has 1 atom stereocenters. The molecule has 0 radical (unpaired) electrons. The van der Waals surface area contributed by atoms with Gasteiger partial charge in [-0.2, -0.15) is 0 Å². The largest absolute Gasteiger partial charge is 0.352 e. The van der Waals surface area contributed by atoms with E-state index >= 15 is 0 Å². The Morgan fingerprint density at radius 3 is 2.41 bits per heavy atom. The van der Waals surface area contributed by atoms with Gasteiger partial charge in [-0.15, -0.1) is 0 Å². The van der Waals surface area contributed by atoms with Gasteiger partial charge in [0.2, 0.25) is 11.8 Å². The summed E-state index contributed by atoms with van der Waals surface area (Å²) in [5.41, 5.74) is 2.41. The zero-order chi connectivity index (χ0) is 20.8. The summed E-state index contributed by atoms with van der Waals surface area (Å²) in [5.74, 6) is -0.810. The molecule has 2 amide bonds. The highest BCUT2D eigenvalue weighted by Gasteiger charge is 2.28. The van der Waals surface area contributed by atoms with Crippen LogP contribution in [0.3, 0.4) is 0 Å². The molecular formula is C24H29FN2O2. The van der Waals surface area contributed by atoms with Crippen LogP contribution in [-0.2, 0) is 22.6 Å². The van der Waals surface area contributed by atoms with Crippen LogP contribution in [0.15, 0.2) is 48.5 Å². The van der Waals surface area contributed by atoms with Crippen molar-refractivity contribution in [3.8, 4) is 0 Å². The molecule has 0 heterocycles. The van der Waals surface area contributed by atoms with Gasteiger partial charge in [-0.05, 0) is 43.9 Å². The first-order valence-electron chi connectivity index (χ1n) is 10.3. The van der Waals surface area contributed by atoms with Crippen molar-refractivity contribution in [2.45, 2.75) is 64.6 Å². The molecule has 0 spiro atoms. The summed E-state index contributed by atoms with van der Waals surface area (Å²) in [4.78, 5) is 27.5. The summed E-state index contributed by atoms with van der Waals surface area (Å²) in [6.45, 7) is 4.06. The lowest BCUT2D eigenvalue weighted by molar-refractivity contribution is -0.140. The first-order valence-corrected chi connectivity index (χ1v) is 10.3. The average Bonchev–Trinajstić information content (AvgIpc) is 3.21. The van der Waals surface area contributed by atoms with Crippen molar-refractivity contribution in [1.29, 1.82) is 0 Å². The predicted octanol–water partition coefficient (Wildman–Crippen LogP) is 4.15. The number of hydrogen-bond acceptors (Lipinski definition) is 2. The molecular weight excluding hydrogens is 367 g/mol. The van der Waals surface area contributed by atoms with Crippen LogP contribution in [0.5, 0.6) is 0 Å². The molecule has 1 fully saturated rings. The van der Waals surface area contributed by atoms with Crippen molar-refractivity contribution in [1.82, 2.24) is 10.2 Å². The van der Waals surface area contributed by atoms with E-state index in [-0.39, 0.29) is 24.3 Å². The molecule has 5 heteroatoms. The zero-order valence-electron chi connectivity index (χ0n) is 17.2. The predicted molar refractivity (Wildman–Crippen MR) is 112 cm³/mol. The standard InChI is InChI=1S/C24H29FN2O2/c1-17-11-13-19(14-12-17)16-27(18(2)24(29)26-21-8-4-5-9-21)23(28)15-20-7-3-6-10-22(20)25/h3,6-7,10-14,18,21H,4-5,8-9,15-16H2,1-2H3,(H,26,29)/t18-/m0/s1. The van der Waals surface area contributed by atoms with Gasteiger partial charge in [0.25, 0.3) is 0 Å². The van der Waals surface area contributed by atoms with Crippen LogP contribution < -0.4 is 5.32 Å². The molecule has 29 heavy (non-hydrogen) atoms. The molecule has 2 aromatic rings. The Morgan fingerprint density at radius 1 is 1.10 bits per heavy atom. The molecule has 3 rings (SSSR count). The van der Waals surface area contributed by atoms with Crippen LogP contribution >= 0.6 is 0 Å². The average molecular weight is 397 g/mol. The maximum Gasteiger partial charge on any atom is 0.242 e. The van der Waals surface area contributed by atoms with E-state index in [0.717, 1.165) is 36.8 Å². The molecule has 154 valence electrons. The maximum absolute atomic E-state index is 14.1. The third kappa shape index (κ3) is 5.66. The van der Waals surface area contributed by atoms with Gasteiger partial charge in [-0.25, -0.2) is 4.39 Å². The van der Waals surface area contributed by atoms with Gasteiger partial charge in [-0.3, -0.25) is 9.59 Å². The topological polar surface area (TPSA) is 49.4 Å². The van der Waals surface area contributed by atoms with E-state index in [4.69, 9.17) is 0 Å². The van der Waals surface area contributed by atoms with E-state index in [0.29, 0.717) is 12.1 Å². The van der Waals surface area contributed by atoms with Gasteiger partial charge in [-0.1, -0.05) is 60.9 Å². The quantitative estimate of drug-likeness (QED) is 0.764. The lowest BCUT2D eigenvalue weighted by Crippen LogP contribution is -2.50. The molecule has 1 aliphatic rings. The van der Waals surface area contributed by atoms with E-state index < -0.39 is 11.9 Å². The number of amides is 2. The van der Waals surface area contributed by atoms with Crippen LogP contribution in [0.25, 0.3) is 0 Å².